The van der Waals surface area contributed by atoms with Crippen LogP contribution in [0.5, 0.6) is 0 Å². The average Bonchev–Trinajstić information content (AvgIpc) is 3.04. The van der Waals surface area contributed by atoms with E-state index in [1.54, 1.807) is 0 Å². The Balaban J connectivity index is 1.60. The Morgan fingerprint density at radius 3 is 2.61 bits per heavy atom. The molecule has 4 rings (SSSR count). The smallest absolute Gasteiger partial charge is 0.187 e. The SMILES string of the molecule is O[C@H]1[C@@H]2O[C@H](c3ccccc3)O[C@H]2[C@@H]2OC[C@@H]1O2. The second-order valence-corrected chi connectivity index (χ2v) is 4.81. The van der Waals surface area contributed by atoms with Crippen LogP contribution in [0.15, 0.2) is 30.3 Å². The predicted octanol–water partition coefficient (Wildman–Crippen LogP) is 0.585. The first-order valence-corrected chi connectivity index (χ1v) is 6.14. The van der Waals surface area contributed by atoms with Crippen LogP contribution < -0.4 is 0 Å². The second-order valence-electron chi connectivity index (χ2n) is 4.81. The van der Waals surface area contributed by atoms with Crippen LogP contribution in [-0.4, -0.2) is 42.4 Å². The number of rotatable bonds is 1. The maximum Gasteiger partial charge on any atom is 0.187 e. The number of fused-ring (bicyclic) bond motifs is 4. The zero-order chi connectivity index (χ0) is 12.1. The zero-order valence-electron chi connectivity index (χ0n) is 9.64. The molecule has 0 radical (unpaired) electrons. The maximum absolute atomic E-state index is 10.1. The van der Waals surface area contributed by atoms with Gasteiger partial charge in [0.25, 0.3) is 0 Å². The number of ether oxygens (including phenoxy) is 4. The Hall–Kier alpha value is -0.980. The van der Waals surface area contributed by atoms with Gasteiger partial charge in [-0.25, -0.2) is 0 Å². The predicted molar refractivity (Wildman–Crippen MR) is 59.5 cm³/mol. The van der Waals surface area contributed by atoms with E-state index in [9.17, 15) is 5.11 Å². The number of hydrogen-bond donors (Lipinski definition) is 1. The van der Waals surface area contributed by atoms with Crippen molar-refractivity contribution in [3.8, 4) is 0 Å². The van der Waals surface area contributed by atoms with E-state index in [1.165, 1.54) is 0 Å². The first-order valence-electron chi connectivity index (χ1n) is 6.14. The molecule has 0 spiro atoms. The van der Waals surface area contributed by atoms with Gasteiger partial charge in [-0.05, 0) is 0 Å². The van der Waals surface area contributed by atoms with E-state index in [0.29, 0.717) is 6.61 Å². The Morgan fingerprint density at radius 2 is 1.78 bits per heavy atom. The number of aliphatic hydroxyl groups excluding tert-OH is 1. The summed E-state index contributed by atoms with van der Waals surface area (Å²) < 4.78 is 22.6. The highest BCUT2D eigenvalue weighted by Gasteiger charge is 2.56. The molecule has 18 heavy (non-hydrogen) atoms. The monoisotopic (exact) mass is 250 g/mol. The second kappa shape index (κ2) is 4.01. The van der Waals surface area contributed by atoms with Crippen molar-refractivity contribution in [3.05, 3.63) is 35.9 Å². The van der Waals surface area contributed by atoms with Crippen LogP contribution >= 0.6 is 0 Å². The number of aliphatic hydroxyl groups is 1. The first kappa shape index (κ1) is 10.9. The molecule has 0 amide bonds. The van der Waals surface area contributed by atoms with E-state index in [-0.39, 0.29) is 18.3 Å². The van der Waals surface area contributed by atoms with Crippen molar-refractivity contribution >= 4 is 0 Å². The molecule has 5 nitrogen and oxygen atoms in total. The molecule has 0 aromatic heterocycles. The fourth-order valence-corrected chi connectivity index (χ4v) is 2.74. The van der Waals surface area contributed by atoms with Crippen molar-refractivity contribution in [1.82, 2.24) is 0 Å². The minimum Gasteiger partial charge on any atom is -0.387 e. The van der Waals surface area contributed by atoms with Crippen molar-refractivity contribution in [2.45, 2.75) is 37.0 Å². The maximum atomic E-state index is 10.1. The lowest BCUT2D eigenvalue weighted by Gasteiger charge is -2.31. The molecule has 3 saturated heterocycles. The summed E-state index contributed by atoms with van der Waals surface area (Å²) in [4.78, 5) is 0. The third-order valence-corrected chi connectivity index (χ3v) is 3.68. The largest absolute Gasteiger partial charge is 0.387 e. The van der Waals surface area contributed by atoms with Crippen molar-refractivity contribution in [2.24, 2.45) is 0 Å². The standard InChI is InChI=1S/C13H14O5/c14-9-8-6-15-13(16-8)11-10(9)17-12(18-11)7-4-2-1-3-5-7/h1-5,8-14H,6H2/t8-,9+,10-,11+,12-,13+/m0/s1. The van der Waals surface area contributed by atoms with Gasteiger partial charge < -0.3 is 24.1 Å². The Bertz CT molecular complexity index is 430. The van der Waals surface area contributed by atoms with Crippen molar-refractivity contribution in [1.29, 1.82) is 0 Å². The quantitative estimate of drug-likeness (QED) is 0.790. The van der Waals surface area contributed by atoms with E-state index in [4.69, 9.17) is 18.9 Å². The Labute approximate surface area is 104 Å². The third kappa shape index (κ3) is 1.52. The Kier molecular flexibility index (Phi) is 2.43. The molecule has 0 aliphatic carbocycles. The molecule has 3 aliphatic rings. The van der Waals surface area contributed by atoms with Crippen LogP contribution in [0.3, 0.4) is 0 Å². The lowest BCUT2D eigenvalue weighted by Crippen LogP contribution is -2.52. The highest BCUT2D eigenvalue weighted by atomic mass is 16.8. The molecule has 1 aromatic rings. The van der Waals surface area contributed by atoms with E-state index < -0.39 is 18.7 Å². The van der Waals surface area contributed by atoms with E-state index in [2.05, 4.69) is 0 Å². The summed E-state index contributed by atoms with van der Waals surface area (Å²) in [6.07, 6.45) is -2.60. The highest BCUT2D eigenvalue weighted by Crippen LogP contribution is 2.41. The number of benzene rings is 1. The van der Waals surface area contributed by atoms with E-state index >= 15 is 0 Å². The molecule has 96 valence electrons. The molecular formula is C13H14O5. The van der Waals surface area contributed by atoms with Gasteiger partial charge in [-0.15, -0.1) is 0 Å². The molecule has 6 atom stereocenters. The summed E-state index contributed by atoms with van der Waals surface area (Å²) in [7, 11) is 0. The topological polar surface area (TPSA) is 57.2 Å². The third-order valence-electron chi connectivity index (χ3n) is 3.68. The molecule has 0 unspecified atom stereocenters. The average molecular weight is 250 g/mol. The van der Waals surface area contributed by atoms with Crippen LogP contribution in [0.4, 0.5) is 0 Å². The van der Waals surface area contributed by atoms with Crippen LogP contribution in [0.25, 0.3) is 0 Å². The van der Waals surface area contributed by atoms with Crippen LogP contribution in [0.2, 0.25) is 0 Å². The first-order chi connectivity index (χ1) is 8.83. The Morgan fingerprint density at radius 1 is 1.00 bits per heavy atom. The van der Waals surface area contributed by atoms with Gasteiger partial charge in [0.15, 0.2) is 12.6 Å². The minimum absolute atomic E-state index is 0.297. The van der Waals surface area contributed by atoms with Gasteiger partial charge in [-0.2, -0.15) is 0 Å². The molecule has 1 N–H and O–H groups in total. The fraction of sp³-hybridized carbons (Fsp3) is 0.538. The lowest BCUT2D eigenvalue weighted by atomic mass is 10.0. The summed E-state index contributed by atoms with van der Waals surface area (Å²) >= 11 is 0. The minimum atomic E-state index is -0.692. The van der Waals surface area contributed by atoms with Crippen LogP contribution in [-0.2, 0) is 18.9 Å². The van der Waals surface area contributed by atoms with Gasteiger partial charge in [0, 0.05) is 5.56 Å². The van der Waals surface area contributed by atoms with Crippen molar-refractivity contribution in [3.63, 3.8) is 0 Å². The summed E-state index contributed by atoms with van der Waals surface area (Å²) in [5, 5.41) is 10.1. The van der Waals surface area contributed by atoms with Gasteiger partial charge in [-0.3, -0.25) is 0 Å². The molecular weight excluding hydrogens is 236 g/mol. The summed E-state index contributed by atoms with van der Waals surface area (Å²) in [5.41, 5.74) is 0.940. The van der Waals surface area contributed by atoms with Crippen molar-refractivity contribution < 1.29 is 24.1 Å². The van der Waals surface area contributed by atoms with E-state index in [1.807, 2.05) is 30.3 Å². The fourth-order valence-electron chi connectivity index (χ4n) is 2.74. The molecule has 2 bridgehead atoms. The van der Waals surface area contributed by atoms with Gasteiger partial charge in [0.1, 0.15) is 24.4 Å². The summed E-state index contributed by atoms with van der Waals surface area (Å²) in [6, 6.07) is 9.68. The molecule has 3 heterocycles. The molecule has 3 fully saturated rings. The summed E-state index contributed by atoms with van der Waals surface area (Å²) in [5.74, 6) is 0. The summed E-state index contributed by atoms with van der Waals surface area (Å²) in [6.45, 7) is 0.404. The lowest BCUT2D eigenvalue weighted by molar-refractivity contribution is -0.194. The van der Waals surface area contributed by atoms with Gasteiger partial charge >= 0.3 is 0 Å². The molecule has 5 heteroatoms. The molecule has 3 aliphatic heterocycles. The van der Waals surface area contributed by atoms with E-state index in [0.717, 1.165) is 5.56 Å². The van der Waals surface area contributed by atoms with Gasteiger partial charge in [0.2, 0.25) is 0 Å². The van der Waals surface area contributed by atoms with Gasteiger partial charge in [-0.1, -0.05) is 30.3 Å². The van der Waals surface area contributed by atoms with Crippen LogP contribution in [0.1, 0.15) is 11.9 Å². The number of hydrogen-bond acceptors (Lipinski definition) is 5. The van der Waals surface area contributed by atoms with Crippen molar-refractivity contribution in [2.75, 3.05) is 6.61 Å². The highest BCUT2D eigenvalue weighted by molar-refractivity contribution is 5.17. The van der Waals surface area contributed by atoms with Crippen LogP contribution in [0, 0.1) is 0 Å². The molecule has 1 aromatic carbocycles. The normalized spacial score (nSPS) is 46.1. The zero-order valence-corrected chi connectivity index (χ0v) is 9.64. The van der Waals surface area contributed by atoms with Gasteiger partial charge in [0.05, 0.1) is 6.61 Å². The molecule has 0 saturated carbocycles.